The van der Waals surface area contributed by atoms with Gasteiger partial charge in [0.2, 0.25) is 0 Å². The summed E-state index contributed by atoms with van der Waals surface area (Å²) < 4.78 is 0. The molecule has 19 heavy (non-hydrogen) atoms. The summed E-state index contributed by atoms with van der Waals surface area (Å²) in [5.41, 5.74) is 2.10. The second-order valence-corrected chi connectivity index (χ2v) is 4.08. The van der Waals surface area contributed by atoms with Crippen LogP contribution in [0.5, 0.6) is 0 Å². The fraction of sp³-hybridized carbons (Fsp3) is 0.0769. The monoisotopic (exact) mass is 254 g/mol. The lowest BCUT2D eigenvalue weighted by atomic mass is 10.2. The van der Waals surface area contributed by atoms with Gasteiger partial charge in [-0.1, -0.05) is 0 Å². The molecule has 0 bridgehead atoms. The Balaban J connectivity index is 2.03. The molecule has 0 aliphatic heterocycles. The third-order valence-electron chi connectivity index (χ3n) is 2.79. The van der Waals surface area contributed by atoms with E-state index in [1.165, 1.54) is 12.3 Å². The van der Waals surface area contributed by atoms with Gasteiger partial charge in [0.05, 0.1) is 11.1 Å². The molecular formula is C13H10N4O2. The van der Waals surface area contributed by atoms with Crippen molar-refractivity contribution in [1.82, 2.24) is 19.9 Å². The molecule has 6 nitrogen and oxygen atoms in total. The van der Waals surface area contributed by atoms with E-state index in [-0.39, 0.29) is 5.56 Å². The fourth-order valence-electron chi connectivity index (χ4n) is 1.91. The van der Waals surface area contributed by atoms with Gasteiger partial charge in [-0.15, -0.1) is 0 Å². The molecule has 0 aromatic carbocycles. The van der Waals surface area contributed by atoms with Crippen LogP contribution in [-0.2, 0) is 6.42 Å². The van der Waals surface area contributed by atoms with E-state index in [2.05, 4.69) is 19.9 Å². The fourth-order valence-corrected chi connectivity index (χ4v) is 1.91. The van der Waals surface area contributed by atoms with Crippen molar-refractivity contribution in [3.05, 3.63) is 53.7 Å². The minimum Gasteiger partial charge on any atom is -0.478 e. The summed E-state index contributed by atoms with van der Waals surface area (Å²) >= 11 is 0. The number of carboxylic acids is 1. The highest BCUT2D eigenvalue weighted by Crippen LogP contribution is 2.15. The quantitative estimate of drug-likeness (QED) is 0.741. The topological polar surface area (TPSA) is 91.8 Å². The summed E-state index contributed by atoms with van der Waals surface area (Å²) in [7, 11) is 0. The molecule has 0 amide bonds. The second-order valence-electron chi connectivity index (χ2n) is 4.08. The third-order valence-corrected chi connectivity index (χ3v) is 2.79. The van der Waals surface area contributed by atoms with E-state index in [0.29, 0.717) is 23.4 Å². The number of aromatic nitrogens is 4. The number of rotatable bonds is 3. The third kappa shape index (κ3) is 2.15. The molecule has 6 heteroatoms. The summed E-state index contributed by atoms with van der Waals surface area (Å²) in [6.45, 7) is 0. The van der Waals surface area contributed by atoms with E-state index in [1.807, 2.05) is 12.1 Å². The van der Waals surface area contributed by atoms with E-state index in [4.69, 9.17) is 5.11 Å². The number of nitrogens with one attached hydrogen (secondary N) is 1. The molecule has 0 fully saturated rings. The molecule has 0 saturated heterocycles. The molecule has 0 aliphatic rings. The van der Waals surface area contributed by atoms with E-state index in [9.17, 15) is 4.79 Å². The number of imidazole rings is 1. The SMILES string of the molecule is O=C(O)c1ccnc2nc(Cc3ccncc3)[nH]c12. The average Bonchev–Trinajstić information content (AvgIpc) is 2.81. The molecule has 0 radical (unpaired) electrons. The Hall–Kier alpha value is -2.76. The zero-order valence-corrected chi connectivity index (χ0v) is 9.87. The first-order chi connectivity index (χ1) is 9.24. The normalized spacial score (nSPS) is 10.7. The number of aromatic carboxylic acids is 1. The predicted molar refractivity (Wildman–Crippen MR) is 67.9 cm³/mol. The van der Waals surface area contributed by atoms with Gasteiger partial charge in [0.15, 0.2) is 5.65 Å². The molecule has 0 unspecified atom stereocenters. The molecule has 0 saturated carbocycles. The number of fused-ring (bicyclic) bond motifs is 1. The van der Waals surface area contributed by atoms with E-state index in [0.717, 1.165) is 5.56 Å². The van der Waals surface area contributed by atoms with Crippen molar-refractivity contribution in [1.29, 1.82) is 0 Å². The standard InChI is InChI=1S/C13H10N4O2/c18-13(19)9-3-6-15-12-11(9)16-10(17-12)7-8-1-4-14-5-2-8/h1-6H,7H2,(H,18,19)(H,15,16,17). The van der Waals surface area contributed by atoms with Crippen LogP contribution in [0.25, 0.3) is 11.2 Å². The number of nitrogens with zero attached hydrogens (tertiary/aromatic N) is 3. The number of aromatic amines is 1. The van der Waals surface area contributed by atoms with Gasteiger partial charge in [-0.05, 0) is 23.8 Å². The van der Waals surface area contributed by atoms with Gasteiger partial charge < -0.3 is 10.1 Å². The van der Waals surface area contributed by atoms with Crippen LogP contribution in [0.1, 0.15) is 21.7 Å². The van der Waals surface area contributed by atoms with Gasteiger partial charge in [-0.3, -0.25) is 4.98 Å². The van der Waals surface area contributed by atoms with Crippen molar-refractivity contribution in [3.8, 4) is 0 Å². The molecule has 94 valence electrons. The Morgan fingerprint density at radius 3 is 2.74 bits per heavy atom. The lowest BCUT2D eigenvalue weighted by molar-refractivity contribution is 0.0698. The van der Waals surface area contributed by atoms with Crippen molar-refractivity contribution in [2.45, 2.75) is 6.42 Å². The number of hydrogen-bond donors (Lipinski definition) is 2. The van der Waals surface area contributed by atoms with E-state index in [1.54, 1.807) is 12.4 Å². The van der Waals surface area contributed by atoms with Crippen LogP contribution in [0, 0.1) is 0 Å². The summed E-state index contributed by atoms with van der Waals surface area (Å²) in [4.78, 5) is 26.4. The predicted octanol–water partition coefficient (Wildman–Crippen LogP) is 1.64. The number of pyridine rings is 2. The molecular weight excluding hydrogens is 244 g/mol. The second kappa shape index (κ2) is 4.49. The highest BCUT2D eigenvalue weighted by atomic mass is 16.4. The molecule has 3 aromatic rings. The average molecular weight is 254 g/mol. The number of carbonyl (C=O) groups is 1. The molecule has 0 spiro atoms. The zero-order chi connectivity index (χ0) is 13.2. The Labute approximate surface area is 108 Å². The van der Waals surface area contributed by atoms with Gasteiger partial charge in [0.25, 0.3) is 0 Å². The summed E-state index contributed by atoms with van der Waals surface area (Å²) in [6.07, 6.45) is 5.44. The Morgan fingerprint density at radius 2 is 2.00 bits per heavy atom. The lowest BCUT2D eigenvalue weighted by Gasteiger charge is -1.96. The minimum absolute atomic E-state index is 0.179. The van der Waals surface area contributed by atoms with E-state index < -0.39 is 5.97 Å². The largest absolute Gasteiger partial charge is 0.478 e. The highest BCUT2D eigenvalue weighted by molar-refractivity contribution is 5.99. The van der Waals surface area contributed by atoms with Crippen LogP contribution < -0.4 is 0 Å². The maximum Gasteiger partial charge on any atom is 0.338 e. The van der Waals surface area contributed by atoms with Crippen LogP contribution >= 0.6 is 0 Å². The van der Waals surface area contributed by atoms with Gasteiger partial charge in [0, 0.05) is 25.0 Å². The minimum atomic E-state index is -0.994. The number of carboxylic acid groups (broad SMARTS) is 1. The van der Waals surface area contributed by atoms with Crippen molar-refractivity contribution in [2.24, 2.45) is 0 Å². The van der Waals surface area contributed by atoms with E-state index >= 15 is 0 Å². The van der Waals surface area contributed by atoms with Crippen LogP contribution in [0.4, 0.5) is 0 Å². The highest BCUT2D eigenvalue weighted by Gasteiger charge is 2.13. The Kier molecular flexibility index (Phi) is 2.68. The molecule has 3 heterocycles. The van der Waals surface area contributed by atoms with Gasteiger partial charge >= 0.3 is 5.97 Å². The Morgan fingerprint density at radius 1 is 1.21 bits per heavy atom. The summed E-state index contributed by atoms with van der Waals surface area (Å²) in [5.74, 6) is -0.311. The Bertz CT molecular complexity index is 737. The van der Waals surface area contributed by atoms with Gasteiger partial charge in [0.1, 0.15) is 5.82 Å². The maximum absolute atomic E-state index is 11.1. The first-order valence-electron chi connectivity index (χ1n) is 5.70. The first-order valence-corrected chi connectivity index (χ1v) is 5.70. The van der Waals surface area contributed by atoms with Crippen molar-refractivity contribution in [3.63, 3.8) is 0 Å². The van der Waals surface area contributed by atoms with Gasteiger partial charge in [-0.25, -0.2) is 14.8 Å². The number of hydrogen-bond acceptors (Lipinski definition) is 4. The van der Waals surface area contributed by atoms with Crippen LogP contribution in [0.15, 0.2) is 36.8 Å². The molecule has 2 N–H and O–H groups in total. The maximum atomic E-state index is 11.1. The summed E-state index contributed by atoms with van der Waals surface area (Å²) in [6, 6.07) is 5.23. The van der Waals surface area contributed by atoms with Gasteiger partial charge in [-0.2, -0.15) is 0 Å². The van der Waals surface area contributed by atoms with Crippen molar-refractivity contribution < 1.29 is 9.90 Å². The first kappa shape index (κ1) is 11.3. The van der Waals surface area contributed by atoms with Crippen LogP contribution in [0.3, 0.4) is 0 Å². The molecule has 3 aromatic heterocycles. The zero-order valence-electron chi connectivity index (χ0n) is 9.87. The lowest BCUT2D eigenvalue weighted by Crippen LogP contribution is -1.97. The number of H-pyrrole nitrogens is 1. The van der Waals surface area contributed by atoms with Crippen molar-refractivity contribution >= 4 is 17.1 Å². The smallest absolute Gasteiger partial charge is 0.338 e. The summed E-state index contributed by atoms with van der Waals surface area (Å²) in [5, 5.41) is 9.10. The van der Waals surface area contributed by atoms with Crippen molar-refractivity contribution in [2.75, 3.05) is 0 Å². The molecule has 3 rings (SSSR count). The van der Waals surface area contributed by atoms with Crippen LogP contribution in [0.2, 0.25) is 0 Å². The van der Waals surface area contributed by atoms with Crippen LogP contribution in [-0.4, -0.2) is 31.0 Å². The molecule has 0 atom stereocenters. The molecule has 0 aliphatic carbocycles.